The summed E-state index contributed by atoms with van der Waals surface area (Å²) in [5, 5.41) is 9.67. The molecule has 2 aromatic rings. The molecule has 6 N–H and O–H groups in total. The molecule has 0 radical (unpaired) electrons. The number of halogens is 1. The van der Waals surface area contributed by atoms with E-state index in [1.54, 1.807) is 18.2 Å². The lowest BCUT2D eigenvalue weighted by Crippen LogP contribution is -2.21. The number of hydrogen-bond acceptors (Lipinski definition) is 4. The van der Waals surface area contributed by atoms with Gasteiger partial charge in [-0.2, -0.15) is 0 Å². The van der Waals surface area contributed by atoms with E-state index in [2.05, 4.69) is 9.71 Å². The highest BCUT2D eigenvalue weighted by molar-refractivity contribution is 7.92. The summed E-state index contributed by atoms with van der Waals surface area (Å²) in [6, 6.07) is 10.3. The fraction of sp³-hybridized carbons (Fsp3) is 0. The lowest BCUT2D eigenvalue weighted by atomic mass is 10.2. The minimum atomic E-state index is -3.79. The van der Waals surface area contributed by atoms with Crippen molar-refractivity contribution in [3.8, 4) is 5.75 Å². The molecule has 2 rings (SSSR count). The summed E-state index contributed by atoms with van der Waals surface area (Å²) < 4.78 is 26.8. The van der Waals surface area contributed by atoms with Crippen LogP contribution in [0.25, 0.3) is 0 Å². The Labute approximate surface area is 132 Å². The molecule has 0 aliphatic rings. The molecular weight excluding hydrogens is 328 g/mol. The highest BCUT2D eigenvalue weighted by atomic mass is 35.5. The molecule has 0 spiro atoms. The molecule has 0 amide bonds. The maximum atomic E-state index is 12.2. The van der Waals surface area contributed by atoms with E-state index >= 15 is 0 Å². The number of phenols is 1. The van der Waals surface area contributed by atoms with Gasteiger partial charge >= 0.3 is 0 Å². The molecule has 0 aromatic heterocycles. The van der Waals surface area contributed by atoms with Gasteiger partial charge in [0.1, 0.15) is 5.69 Å². The Kier molecular flexibility index (Phi) is 4.43. The molecular formula is C13H13ClN4O3S. The lowest BCUT2D eigenvalue weighted by molar-refractivity contribution is 0.477. The Morgan fingerprint density at radius 3 is 2.41 bits per heavy atom. The molecule has 116 valence electrons. The van der Waals surface area contributed by atoms with Crippen molar-refractivity contribution in [3.05, 3.63) is 47.5 Å². The molecule has 0 aliphatic heterocycles. The van der Waals surface area contributed by atoms with Gasteiger partial charge < -0.3 is 16.6 Å². The van der Waals surface area contributed by atoms with Gasteiger partial charge in [0.2, 0.25) is 0 Å². The number of nitrogens with zero attached hydrogens (tertiary/aromatic N) is 1. The SMILES string of the molecule is NC(N)=Nc1cc(NS(=O)(=O)c2ccccc2)cc(Cl)c1O. The number of hydrogen-bond donors (Lipinski definition) is 4. The average molecular weight is 341 g/mol. The quantitative estimate of drug-likeness (QED) is 0.382. The van der Waals surface area contributed by atoms with Gasteiger partial charge in [0.05, 0.1) is 15.6 Å². The fourth-order valence-electron chi connectivity index (χ4n) is 1.68. The van der Waals surface area contributed by atoms with Crippen LogP contribution >= 0.6 is 11.6 Å². The number of rotatable bonds is 4. The van der Waals surface area contributed by atoms with E-state index < -0.39 is 10.0 Å². The van der Waals surface area contributed by atoms with Crippen molar-refractivity contribution in [1.82, 2.24) is 0 Å². The minimum Gasteiger partial charge on any atom is -0.504 e. The monoisotopic (exact) mass is 340 g/mol. The van der Waals surface area contributed by atoms with E-state index in [0.717, 1.165) is 0 Å². The van der Waals surface area contributed by atoms with Crippen LogP contribution in [0.5, 0.6) is 5.75 Å². The van der Waals surface area contributed by atoms with Crippen LogP contribution in [0.1, 0.15) is 0 Å². The Morgan fingerprint density at radius 2 is 1.82 bits per heavy atom. The number of nitrogens with one attached hydrogen (secondary N) is 1. The number of anilines is 1. The first-order valence-corrected chi connectivity index (χ1v) is 7.86. The molecule has 0 aliphatic carbocycles. The Balaban J connectivity index is 2.42. The first-order valence-electron chi connectivity index (χ1n) is 5.99. The molecule has 0 saturated heterocycles. The van der Waals surface area contributed by atoms with E-state index in [0.29, 0.717) is 0 Å². The van der Waals surface area contributed by atoms with Crippen molar-refractivity contribution in [2.75, 3.05) is 4.72 Å². The van der Waals surface area contributed by atoms with Crippen molar-refractivity contribution in [2.24, 2.45) is 16.5 Å². The standard InChI is InChI=1S/C13H13ClN4O3S/c14-10-6-8(7-11(12(10)19)17-13(15)16)18-22(20,21)9-4-2-1-3-5-9/h1-7,18-19H,(H4,15,16,17). The first-order chi connectivity index (χ1) is 10.3. The Bertz CT molecular complexity index is 819. The third kappa shape index (κ3) is 3.60. The minimum absolute atomic E-state index is 0.0433. The summed E-state index contributed by atoms with van der Waals surface area (Å²) in [6.07, 6.45) is 0. The van der Waals surface area contributed by atoms with Gasteiger partial charge in [0.15, 0.2) is 11.7 Å². The second-order valence-electron chi connectivity index (χ2n) is 4.28. The van der Waals surface area contributed by atoms with Gasteiger partial charge in [-0.1, -0.05) is 29.8 Å². The topological polar surface area (TPSA) is 131 Å². The number of phenolic OH excluding ortho intramolecular Hbond substituents is 1. The molecule has 7 nitrogen and oxygen atoms in total. The van der Waals surface area contributed by atoms with Gasteiger partial charge in [-0.3, -0.25) is 4.72 Å². The third-order valence-electron chi connectivity index (χ3n) is 2.60. The van der Waals surface area contributed by atoms with E-state index in [9.17, 15) is 13.5 Å². The zero-order chi connectivity index (χ0) is 16.3. The summed E-state index contributed by atoms with van der Waals surface area (Å²) in [6.45, 7) is 0. The number of sulfonamides is 1. The number of guanidine groups is 1. The summed E-state index contributed by atoms with van der Waals surface area (Å²) in [5.41, 5.74) is 10.6. The van der Waals surface area contributed by atoms with Crippen LogP contribution in [-0.4, -0.2) is 19.5 Å². The number of nitrogens with two attached hydrogens (primary N) is 2. The average Bonchev–Trinajstić information content (AvgIpc) is 2.44. The largest absolute Gasteiger partial charge is 0.504 e. The van der Waals surface area contributed by atoms with Gasteiger partial charge in [-0.05, 0) is 24.3 Å². The first kappa shape index (κ1) is 15.9. The Morgan fingerprint density at radius 1 is 1.18 bits per heavy atom. The molecule has 0 unspecified atom stereocenters. The number of aliphatic imine (C=N–C) groups is 1. The number of benzene rings is 2. The molecule has 9 heteroatoms. The maximum absolute atomic E-state index is 12.2. The van der Waals surface area contributed by atoms with E-state index in [1.165, 1.54) is 24.3 Å². The van der Waals surface area contributed by atoms with Gasteiger partial charge in [-0.25, -0.2) is 13.4 Å². The zero-order valence-electron chi connectivity index (χ0n) is 11.2. The summed E-state index contributed by atoms with van der Waals surface area (Å²) in [5.74, 6) is -0.646. The predicted molar refractivity (Wildman–Crippen MR) is 85.8 cm³/mol. The second kappa shape index (κ2) is 6.12. The van der Waals surface area contributed by atoms with Gasteiger partial charge in [-0.15, -0.1) is 0 Å². The smallest absolute Gasteiger partial charge is 0.261 e. The molecule has 0 atom stereocenters. The normalized spacial score (nSPS) is 11.0. The van der Waals surface area contributed by atoms with E-state index in [-0.39, 0.29) is 33.0 Å². The maximum Gasteiger partial charge on any atom is 0.261 e. The van der Waals surface area contributed by atoms with Crippen molar-refractivity contribution >= 4 is 39.0 Å². The van der Waals surface area contributed by atoms with E-state index in [1.807, 2.05) is 0 Å². The zero-order valence-corrected chi connectivity index (χ0v) is 12.8. The van der Waals surface area contributed by atoms with Crippen LogP contribution in [0, 0.1) is 0 Å². The highest BCUT2D eigenvalue weighted by Crippen LogP contribution is 2.37. The molecule has 0 bridgehead atoms. The van der Waals surface area contributed by atoms with Crippen LogP contribution in [0.4, 0.5) is 11.4 Å². The van der Waals surface area contributed by atoms with Crippen molar-refractivity contribution in [3.63, 3.8) is 0 Å². The fourth-order valence-corrected chi connectivity index (χ4v) is 2.96. The van der Waals surface area contributed by atoms with Crippen LogP contribution in [0.2, 0.25) is 5.02 Å². The van der Waals surface area contributed by atoms with Gasteiger partial charge in [0.25, 0.3) is 10.0 Å². The predicted octanol–water partition coefficient (Wildman–Crippen LogP) is 1.75. The summed E-state index contributed by atoms with van der Waals surface area (Å²) >= 11 is 5.84. The van der Waals surface area contributed by atoms with Crippen molar-refractivity contribution in [2.45, 2.75) is 4.90 Å². The molecule has 0 heterocycles. The highest BCUT2D eigenvalue weighted by Gasteiger charge is 2.16. The molecule has 22 heavy (non-hydrogen) atoms. The van der Waals surface area contributed by atoms with Crippen molar-refractivity contribution < 1.29 is 13.5 Å². The van der Waals surface area contributed by atoms with Crippen LogP contribution in [0.15, 0.2) is 52.4 Å². The summed E-state index contributed by atoms with van der Waals surface area (Å²) in [7, 11) is -3.79. The third-order valence-corrected chi connectivity index (χ3v) is 4.28. The van der Waals surface area contributed by atoms with Crippen LogP contribution < -0.4 is 16.2 Å². The van der Waals surface area contributed by atoms with E-state index in [4.69, 9.17) is 23.1 Å². The number of aromatic hydroxyl groups is 1. The molecule has 0 saturated carbocycles. The summed E-state index contributed by atoms with van der Waals surface area (Å²) in [4.78, 5) is 3.77. The Hall–Kier alpha value is -2.45. The van der Waals surface area contributed by atoms with Gasteiger partial charge in [0, 0.05) is 0 Å². The lowest BCUT2D eigenvalue weighted by Gasteiger charge is -2.10. The molecule has 0 fully saturated rings. The van der Waals surface area contributed by atoms with Crippen LogP contribution in [-0.2, 0) is 10.0 Å². The van der Waals surface area contributed by atoms with Crippen LogP contribution in [0.3, 0.4) is 0 Å². The molecule has 2 aromatic carbocycles. The van der Waals surface area contributed by atoms with Crippen molar-refractivity contribution in [1.29, 1.82) is 0 Å². The second-order valence-corrected chi connectivity index (χ2v) is 6.37.